The molecule has 0 aliphatic rings. The monoisotopic (exact) mass is 693 g/mol. The number of carboxylic acid groups (broad SMARTS) is 2. The number of rotatable bonds is 27. The summed E-state index contributed by atoms with van der Waals surface area (Å²) < 4.78 is 10.8. The van der Waals surface area contributed by atoms with E-state index in [4.69, 9.17) is 9.47 Å². The Bertz CT molecular complexity index is 1070. The molecule has 0 fully saturated rings. The highest BCUT2D eigenvalue weighted by Gasteiger charge is 2.29. The van der Waals surface area contributed by atoms with Gasteiger partial charge in [0.25, 0.3) is 0 Å². The van der Waals surface area contributed by atoms with Crippen LogP contribution in [0, 0.1) is 39.4 Å². The number of carbonyl (C=O) groups excluding carboxylic acids is 2. The first kappa shape index (κ1) is 46.4. The minimum absolute atomic E-state index is 0.0671. The number of carboxylic acids is 2. The molecule has 0 aromatic heterocycles. The predicted molar refractivity (Wildman–Crippen MR) is 198 cm³/mol. The Balaban J connectivity index is 4.83. The smallest absolute Gasteiger partial charge is 0.307 e. The van der Waals surface area contributed by atoms with Gasteiger partial charge in [0.2, 0.25) is 0 Å². The first-order valence-corrected chi connectivity index (χ1v) is 18.7. The van der Waals surface area contributed by atoms with Gasteiger partial charge in [0.1, 0.15) is 0 Å². The van der Waals surface area contributed by atoms with Crippen molar-refractivity contribution in [3.8, 4) is 0 Å². The fourth-order valence-corrected chi connectivity index (χ4v) is 6.10. The van der Waals surface area contributed by atoms with Gasteiger partial charge in [-0.3, -0.25) is 19.2 Å². The Morgan fingerprint density at radius 1 is 0.633 bits per heavy atom. The zero-order chi connectivity index (χ0) is 37.9. The molecule has 4 atom stereocenters. The lowest BCUT2D eigenvalue weighted by Crippen LogP contribution is -2.30. The Labute approximate surface area is 298 Å². The van der Waals surface area contributed by atoms with Crippen molar-refractivity contribution in [2.45, 2.75) is 160 Å². The third-order valence-corrected chi connectivity index (χ3v) is 10.0. The van der Waals surface area contributed by atoms with Gasteiger partial charge in [0.05, 0.1) is 37.9 Å². The fourth-order valence-electron chi connectivity index (χ4n) is 6.10. The molecule has 8 nitrogen and oxygen atoms in total. The van der Waals surface area contributed by atoms with Gasteiger partial charge in [0, 0.05) is 5.41 Å². The minimum atomic E-state index is -1.06. The molecule has 0 amide bonds. The maximum Gasteiger partial charge on any atom is 0.307 e. The molecule has 0 spiro atoms. The first-order chi connectivity index (χ1) is 22.6. The lowest BCUT2D eigenvalue weighted by Gasteiger charge is -2.33. The average molecular weight is 693 g/mol. The van der Waals surface area contributed by atoms with Crippen LogP contribution in [-0.2, 0) is 28.7 Å². The van der Waals surface area contributed by atoms with E-state index in [1.807, 2.05) is 24.3 Å². The fraction of sp³-hybridized carbons (Fsp3) is 0.805. The Hall–Kier alpha value is -2.64. The summed E-state index contributed by atoms with van der Waals surface area (Å²) in [4.78, 5) is 48.9. The molecule has 0 bridgehead atoms. The molecule has 8 heteroatoms. The zero-order valence-electron chi connectivity index (χ0n) is 33.0. The van der Waals surface area contributed by atoms with E-state index in [0.717, 1.165) is 38.5 Å². The quantitative estimate of drug-likeness (QED) is 0.0643. The van der Waals surface area contributed by atoms with E-state index in [-0.39, 0.29) is 55.1 Å². The highest BCUT2D eigenvalue weighted by atomic mass is 16.5. The SMILES string of the molecule is CCCC(C)CCC(C)(CC)CC=CCC(CC(=O)OCC(C)(C)COC(=O)CC(CC=CCC(C)(C)CC(C)(C)CC)C(=O)O)C(=O)O. The van der Waals surface area contributed by atoms with Crippen molar-refractivity contribution in [2.24, 2.45) is 39.4 Å². The molecule has 284 valence electrons. The molecule has 0 aliphatic heterocycles. The second kappa shape index (κ2) is 22.2. The predicted octanol–water partition coefficient (Wildman–Crippen LogP) is 10.4. The van der Waals surface area contributed by atoms with Gasteiger partial charge in [-0.15, -0.1) is 0 Å². The Morgan fingerprint density at radius 2 is 1.10 bits per heavy atom. The third kappa shape index (κ3) is 21.9. The minimum Gasteiger partial charge on any atom is -0.481 e. The van der Waals surface area contributed by atoms with E-state index < -0.39 is 41.1 Å². The van der Waals surface area contributed by atoms with E-state index in [2.05, 4.69) is 62.3 Å². The number of hydrogen-bond acceptors (Lipinski definition) is 6. The number of carbonyl (C=O) groups is 4. The summed E-state index contributed by atoms with van der Waals surface area (Å²) in [6.07, 6.45) is 17.3. The normalized spacial score (nSPS) is 15.9. The highest BCUT2D eigenvalue weighted by molar-refractivity contribution is 5.79. The van der Waals surface area contributed by atoms with E-state index in [1.165, 1.54) is 19.3 Å². The number of hydrogen-bond donors (Lipinski definition) is 2. The molecule has 0 aromatic rings. The van der Waals surface area contributed by atoms with Gasteiger partial charge < -0.3 is 19.7 Å². The van der Waals surface area contributed by atoms with Crippen LogP contribution in [0.25, 0.3) is 0 Å². The molecule has 0 saturated heterocycles. The van der Waals surface area contributed by atoms with Crippen molar-refractivity contribution in [1.29, 1.82) is 0 Å². The van der Waals surface area contributed by atoms with Crippen LogP contribution >= 0.6 is 0 Å². The van der Waals surface area contributed by atoms with Crippen LogP contribution in [-0.4, -0.2) is 47.3 Å². The summed E-state index contributed by atoms with van der Waals surface area (Å²) in [5.74, 6) is -4.44. The number of ether oxygens (including phenoxy) is 2. The standard InChI is InChI=1S/C41H72O8/c1-12-19-31(4)22-25-41(11,14-3)24-18-16-21-33(37(46)47)27-35(43)49-30-40(9,10)29-48-34(42)26-32(36(44)45)20-15-17-23-39(7,8)28-38(5,6)13-2/h15-18,31-33H,12-14,19-30H2,1-11H3,(H,44,45)(H,46,47). The van der Waals surface area contributed by atoms with Gasteiger partial charge in [-0.05, 0) is 60.7 Å². The zero-order valence-corrected chi connectivity index (χ0v) is 33.0. The number of allylic oxidation sites excluding steroid dienone is 4. The van der Waals surface area contributed by atoms with Crippen molar-refractivity contribution in [3.05, 3.63) is 24.3 Å². The third-order valence-electron chi connectivity index (χ3n) is 10.0. The van der Waals surface area contributed by atoms with Crippen molar-refractivity contribution < 1.29 is 38.9 Å². The molecule has 0 aromatic carbocycles. The topological polar surface area (TPSA) is 127 Å². The molecule has 0 saturated carbocycles. The summed E-state index contributed by atoms with van der Waals surface area (Å²) in [5, 5.41) is 19.4. The van der Waals surface area contributed by atoms with Gasteiger partial charge in [-0.1, -0.05) is 133 Å². The largest absolute Gasteiger partial charge is 0.481 e. The highest BCUT2D eigenvalue weighted by Crippen LogP contribution is 2.38. The summed E-state index contributed by atoms with van der Waals surface area (Å²) in [6, 6.07) is 0. The van der Waals surface area contributed by atoms with Gasteiger partial charge in [0.15, 0.2) is 0 Å². The van der Waals surface area contributed by atoms with Gasteiger partial charge >= 0.3 is 23.9 Å². The number of aliphatic carboxylic acids is 2. The molecule has 49 heavy (non-hydrogen) atoms. The van der Waals surface area contributed by atoms with Crippen LogP contribution < -0.4 is 0 Å². The van der Waals surface area contributed by atoms with Crippen LogP contribution in [0.5, 0.6) is 0 Å². The molecule has 4 unspecified atom stereocenters. The molecule has 0 rings (SSSR count). The maximum atomic E-state index is 12.6. The van der Waals surface area contributed by atoms with E-state index in [1.54, 1.807) is 13.8 Å². The second-order valence-corrected chi connectivity index (χ2v) is 17.2. The molecule has 2 N–H and O–H groups in total. The Morgan fingerprint density at radius 3 is 1.51 bits per heavy atom. The van der Waals surface area contributed by atoms with Crippen LogP contribution in [0.15, 0.2) is 24.3 Å². The summed E-state index contributed by atoms with van der Waals surface area (Å²) in [6.45, 7) is 23.5. The van der Waals surface area contributed by atoms with Crippen LogP contribution in [0.3, 0.4) is 0 Å². The van der Waals surface area contributed by atoms with Crippen molar-refractivity contribution >= 4 is 23.9 Å². The summed E-state index contributed by atoms with van der Waals surface area (Å²) in [7, 11) is 0. The maximum absolute atomic E-state index is 12.6. The molecule has 0 heterocycles. The van der Waals surface area contributed by atoms with Crippen LogP contribution in [0.1, 0.15) is 160 Å². The number of esters is 2. The first-order valence-electron chi connectivity index (χ1n) is 18.7. The summed E-state index contributed by atoms with van der Waals surface area (Å²) in [5.41, 5.74) is -0.255. The average Bonchev–Trinajstić information content (AvgIpc) is 3.00. The molecule has 0 aliphatic carbocycles. The summed E-state index contributed by atoms with van der Waals surface area (Å²) >= 11 is 0. The molecule has 0 radical (unpaired) electrons. The lowest BCUT2D eigenvalue weighted by molar-refractivity contribution is -0.158. The van der Waals surface area contributed by atoms with Gasteiger partial charge in [-0.2, -0.15) is 0 Å². The lowest BCUT2D eigenvalue weighted by atomic mass is 9.72. The Kier molecular flexibility index (Phi) is 21.0. The molecular weight excluding hydrogens is 620 g/mol. The van der Waals surface area contributed by atoms with Crippen molar-refractivity contribution in [3.63, 3.8) is 0 Å². The van der Waals surface area contributed by atoms with Gasteiger partial charge in [-0.25, -0.2) is 0 Å². The second-order valence-electron chi connectivity index (χ2n) is 17.2. The van der Waals surface area contributed by atoms with Crippen molar-refractivity contribution in [1.82, 2.24) is 0 Å². The molecular formula is C41H72O8. The van der Waals surface area contributed by atoms with Crippen LogP contribution in [0.4, 0.5) is 0 Å². The van der Waals surface area contributed by atoms with Crippen molar-refractivity contribution in [2.75, 3.05) is 13.2 Å². The van der Waals surface area contributed by atoms with E-state index in [9.17, 15) is 29.4 Å². The van der Waals surface area contributed by atoms with E-state index >= 15 is 0 Å². The van der Waals surface area contributed by atoms with Crippen LogP contribution in [0.2, 0.25) is 0 Å². The van der Waals surface area contributed by atoms with E-state index in [0.29, 0.717) is 5.92 Å².